The number of rotatable bonds is 6. The number of imidazole rings is 1. The van der Waals surface area contributed by atoms with Gasteiger partial charge >= 0.3 is 0 Å². The second kappa shape index (κ2) is 7.02. The van der Waals surface area contributed by atoms with E-state index >= 15 is 0 Å². The molecule has 0 saturated carbocycles. The number of alkyl halides is 1. The largest absolute Gasteiger partial charge is 0.328 e. The molecule has 4 heteroatoms. The minimum atomic E-state index is 0.588. The van der Waals surface area contributed by atoms with Gasteiger partial charge in [0.05, 0.1) is 11.0 Å². The van der Waals surface area contributed by atoms with Crippen LogP contribution in [-0.4, -0.2) is 15.4 Å². The zero-order chi connectivity index (χ0) is 15.6. The van der Waals surface area contributed by atoms with Crippen molar-refractivity contribution >= 4 is 34.2 Å². The van der Waals surface area contributed by atoms with Gasteiger partial charge in [0, 0.05) is 23.9 Å². The molecular weight excluding hydrogens is 303 g/mol. The summed E-state index contributed by atoms with van der Waals surface area (Å²) in [6.45, 7) is 10.1. The molecule has 1 heterocycles. The number of benzene rings is 1. The van der Waals surface area contributed by atoms with E-state index in [0.717, 1.165) is 34.8 Å². The first-order valence-electron chi connectivity index (χ1n) is 7.64. The number of fused-ring (bicyclic) bond motifs is 1. The van der Waals surface area contributed by atoms with Gasteiger partial charge in [-0.1, -0.05) is 39.3 Å². The lowest BCUT2D eigenvalue weighted by Crippen LogP contribution is -2.23. The van der Waals surface area contributed by atoms with Gasteiger partial charge in [-0.15, -0.1) is 11.6 Å². The summed E-state index contributed by atoms with van der Waals surface area (Å²) in [7, 11) is 0. The number of aromatic nitrogens is 2. The molecule has 2 nitrogen and oxygen atoms in total. The SMILES string of the molecule is CC(C)C(Cn1c(CCCl)nc2ccc(Cl)cc21)C(C)C. The van der Waals surface area contributed by atoms with Gasteiger partial charge in [-0.2, -0.15) is 0 Å². The van der Waals surface area contributed by atoms with Crippen molar-refractivity contribution in [1.82, 2.24) is 9.55 Å². The van der Waals surface area contributed by atoms with Crippen molar-refractivity contribution in [2.75, 3.05) is 5.88 Å². The maximum atomic E-state index is 6.17. The maximum Gasteiger partial charge on any atom is 0.111 e. The highest BCUT2D eigenvalue weighted by atomic mass is 35.5. The topological polar surface area (TPSA) is 17.8 Å². The second-order valence-corrected chi connectivity index (χ2v) is 7.18. The molecule has 2 rings (SSSR count). The fraction of sp³-hybridized carbons (Fsp3) is 0.588. The van der Waals surface area contributed by atoms with Crippen LogP contribution in [0.1, 0.15) is 33.5 Å². The number of hydrogen-bond acceptors (Lipinski definition) is 1. The standard InChI is InChI=1S/C17H24Cl2N2/c1-11(2)14(12(3)4)10-21-16-9-13(19)5-6-15(16)20-17(21)7-8-18/h5-6,9,11-12,14H,7-8,10H2,1-4H3. The molecule has 0 unspecified atom stereocenters. The van der Waals surface area contributed by atoms with Crippen LogP contribution < -0.4 is 0 Å². The molecule has 0 fully saturated rings. The van der Waals surface area contributed by atoms with Gasteiger partial charge in [0.25, 0.3) is 0 Å². The molecule has 0 saturated heterocycles. The number of hydrogen-bond donors (Lipinski definition) is 0. The molecule has 1 aromatic heterocycles. The third-order valence-electron chi connectivity index (χ3n) is 4.21. The first kappa shape index (κ1) is 16.6. The Kier molecular flexibility index (Phi) is 5.56. The van der Waals surface area contributed by atoms with Gasteiger partial charge in [0.1, 0.15) is 5.82 Å². The Hall–Kier alpha value is -0.730. The van der Waals surface area contributed by atoms with E-state index in [0.29, 0.717) is 23.6 Å². The fourth-order valence-electron chi connectivity index (χ4n) is 3.03. The van der Waals surface area contributed by atoms with Crippen molar-refractivity contribution in [3.8, 4) is 0 Å². The monoisotopic (exact) mass is 326 g/mol. The number of nitrogens with zero attached hydrogens (tertiary/aromatic N) is 2. The van der Waals surface area contributed by atoms with Crippen LogP contribution in [0.5, 0.6) is 0 Å². The van der Waals surface area contributed by atoms with Crippen molar-refractivity contribution < 1.29 is 0 Å². The predicted octanol–water partition coefficient (Wildman–Crippen LogP) is 5.40. The molecule has 0 aliphatic heterocycles. The highest BCUT2D eigenvalue weighted by molar-refractivity contribution is 6.31. The van der Waals surface area contributed by atoms with Crippen molar-refractivity contribution in [3.05, 3.63) is 29.0 Å². The molecular formula is C17H24Cl2N2. The van der Waals surface area contributed by atoms with Gasteiger partial charge in [-0.05, 0) is 36.0 Å². The Morgan fingerprint density at radius 2 is 1.81 bits per heavy atom. The Labute approximate surface area is 137 Å². The predicted molar refractivity (Wildman–Crippen MR) is 92.3 cm³/mol. The van der Waals surface area contributed by atoms with Crippen molar-refractivity contribution in [1.29, 1.82) is 0 Å². The zero-order valence-electron chi connectivity index (χ0n) is 13.2. The van der Waals surface area contributed by atoms with Crippen LogP contribution in [0, 0.1) is 17.8 Å². The van der Waals surface area contributed by atoms with Crippen molar-refractivity contribution in [2.45, 2.75) is 40.7 Å². The molecule has 0 N–H and O–H groups in total. The minimum absolute atomic E-state index is 0.588. The van der Waals surface area contributed by atoms with E-state index in [9.17, 15) is 0 Å². The molecule has 0 amide bonds. The summed E-state index contributed by atoms with van der Waals surface area (Å²) in [5, 5.41) is 0.756. The Morgan fingerprint density at radius 1 is 1.14 bits per heavy atom. The van der Waals surface area contributed by atoms with Crippen molar-refractivity contribution in [2.24, 2.45) is 17.8 Å². The molecule has 21 heavy (non-hydrogen) atoms. The summed E-state index contributed by atoms with van der Waals surface area (Å²) in [4.78, 5) is 4.74. The third-order valence-corrected chi connectivity index (χ3v) is 4.64. The lowest BCUT2D eigenvalue weighted by molar-refractivity contribution is 0.252. The highest BCUT2D eigenvalue weighted by Gasteiger charge is 2.21. The Bertz CT molecular complexity index is 594. The molecule has 1 aromatic carbocycles. The van der Waals surface area contributed by atoms with E-state index < -0.39 is 0 Å². The van der Waals surface area contributed by atoms with E-state index in [1.807, 2.05) is 18.2 Å². The van der Waals surface area contributed by atoms with Crippen LogP contribution in [0.2, 0.25) is 5.02 Å². The zero-order valence-corrected chi connectivity index (χ0v) is 14.7. The first-order valence-corrected chi connectivity index (χ1v) is 8.56. The number of halogens is 2. The van der Waals surface area contributed by atoms with E-state index in [2.05, 4.69) is 32.3 Å². The average Bonchev–Trinajstić information content (AvgIpc) is 2.72. The third kappa shape index (κ3) is 3.73. The van der Waals surface area contributed by atoms with Crippen LogP contribution in [0.25, 0.3) is 11.0 Å². The van der Waals surface area contributed by atoms with Crippen LogP contribution in [0.15, 0.2) is 18.2 Å². The molecule has 0 spiro atoms. The van der Waals surface area contributed by atoms with Crippen molar-refractivity contribution in [3.63, 3.8) is 0 Å². The van der Waals surface area contributed by atoms with Crippen LogP contribution in [-0.2, 0) is 13.0 Å². The average molecular weight is 327 g/mol. The molecule has 116 valence electrons. The van der Waals surface area contributed by atoms with E-state index in [1.165, 1.54) is 0 Å². The minimum Gasteiger partial charge on any atom is -0.328 e. The lowest BCUT2D eigenvalue weighted by Gasteiger charge is -2.26. The van der Waals surface area contributed by atoms with E-state index in [-0.39, 0.29) is 0 Å². The smallest absolute Gasteiger partial charge is 0.111 e. The van der Waals surface area contributed by atoms with Gasteiger partial charge in [-0.25, -0.2) is 4.98 Å². The molecule has 0 atom stereocenters. The van der Waals surface area contributed by atoms with Crippen LogP contribution in [0.4, 0.5) is 0 Å². The molecule has 0 radical (unpaired) electrons. The molecule has 0 bridgehead atoms. The van der Waals surface area contributed by atoms with E-state index in [1.54, 1.807) is 0 Å². The maximum absolute atomic E-state index is 6.17. The first-order chi connectivity index (χ1) is 9.93. The summed E-state index contributed by atoms with van der Waals surface area (Å²) in [6.07, 6.45) is 0.788. The molecule has 0 aliphatic carbocycles. The summed E-state index contributed by atoms with van der Waals surface area (Å²) in [5.74, 6) is 3.52. The fourth-order valence-corrected chi connectivity index (χ4v) is 3.36. The summed E-state index contributed by atoms with van der Waals surface area (Å²) >= 11 is 12.1. The van der Waals surface area contributed by atoms with Crippen LogP contribution >= 0.6 is 23.2 Å². The molecule has 0 aliphatic rings. The van der Waals surface area contributed by atoms with Gasteiger partial charge in [0.15, 0.2) is 0 Å². The Morgan fingerprint density at radius 3 is 2.38 bits per heavy atom. The van der Waals surface area contributed by atoms with E-state index in [4.69, 9.17) is 28.2 Å². The van der Waals surface area contributed by atoms with Gasteiger partial charge < -0.3 is 4.57 Å². The summed E-state index contributed by atoms with van der Waals surface area (Å²) in [5.41, 5.74) is 2.12. The van der Waals surface area contributed by atoms with Crippen LogP contribution in [0.3, 0.4) is 0 Å². The van der Waals surface area contributed by atoms with Gasteiger partial charge in [0.2, 0.25) is 0 Å². The quantitative estimate of drug-likeness (QED) is 0.650. The summed E-state index contributed by atoms with van der Waals surface area (Å²) in [6, 6.07) is 5.90. The normalized spacial score (nSPS) is 12.2. The highest BCUT2D eigenvalue weighted by Crippen LogP contribution is 2.27. The second-order valence-electron chi connectivity index (χ2n) is 6.36. The summed E-state index contributed by atoms with van der Waals surface area (Å²) < 4.78 is 2.31. The van der Waals surface area contributed by atoms with Gasteiger partial charge in [-0.3, -0.25) is 0 Å². The Balaban J connectivity index is 2.48. The molecule has 2 aromatic rings. The lowest BCUT2D eigenvalue weighted by atomic mass is 9.85. The number of aryl methyl sites for hydroxylation is 1.